The first-order valence-electron chi connectivity index (χ1n) is 8.63. The van der Waals surface area contributed by atoms with Crippen LogP contribution in [0.4, 0.5) is 10.1 Å². The van der Waals surface area contributed by atoms with Crippen LogP contribution in [-0.2, 0) is 4.79 Å². The highest BCUT2D eigenvalue weighted by Gasteiger charge is 2.14. The molecule has 0 aliphatic rings. The second-order valence-corrected chi connectivity index (χ2v) is 6.53. The molecule has 1 amide bonds. The van der Waals surface area contributed by atoms with Gasteiger partial charge < -0.3 is 10.1 Å². The fourth-order valence-electron chi connectivity index (χ4n) is 2.61. The number of amides is 1. The molecule has 1 heterocycles. The highest BCUT2D eigenvalue weighted by Crippen LogP contribution is 2.24. The van der Waals surface area contributed by atoms with E-state index < -0.39 is 0 Å². The van der Waals surface area contributed by atoms with Gasteiger partial charge in [-0.3, -0.25) is 4.79 Å². The molecule has 0 aliphatic carbocycles. The summed E-state index contributed by atoms with van der Waals surface area (Å²) in [6, 6.07) is 13.5. The highest BCUT2D eigenvalue weighted by atomic mass is 19.1. The molecule has 3 rings (SSSR count). The third-order valence-electron chi connectivity index (χ3n) is 3.86. The van der Waals surface area contributed by atoms with Crippen molar-refractivity contribution in [2.75, 3.05) is 12.4 Å². The average Bonchev–Trinajstić information content (AvgIpc) is 3.06. The van der Waals surface area contributed by atoms with Gasteiger partial charge in [0.1, 0.15) is 5.82 Å². The van der Waals surface area contributed by atoms with E-state index in [4.69, 9.17) is 4.74 Å². The number of nitrogens with zero attached hydrogens (tertiary/aromatic N) is 3. The van der Waals surface area contributed by atoms with Crippen molar-refractivity contribution in [3.8, 4) is 23.1 Å². The quantitative estimate of drug-likeness (QED) is 0.712. The summed E-state index contributed by atoms with van der Waals surface area (Å²) in [5, 5.41) is 7.20. The van der Waals surface area contributed by atoms with E-state index in [0.717, 1.165) is 5.69 Å². The third kappa shape index (κ3) is 4.49. The monoisotopic (exact) mass is 368 g/mol. The zero-order chi connectivity index (χ0) is 19.4. The highest BCUT2D eigenvalue weighted by molar-refractivity contribution is 5.90. The van der Waals surface area contributed by atoms with Gasteiger partial charge in [-0.05, 0) is 54.4 Å². The second-order valence-electron chi connectivity index (χ2n) is 6.53. The molecule has 0 bridgehead atoms. The van der Waals surface area contributed by atoms with Crippen molar-refractivity contribution in [1.29, 1.82) is 0 Å². The lowest BCUT2D eigenvalue weighted by Crippen LogP contribution is -2.13. The van der Waals surface area contributed by atoms with Gasteiger partial charge in [0.15, 0.2) is 5.82 Å². The lowest BCUT2D eigenvalue weighted by Gasteiger charge is -2.09. The van der Waals surface area contributed by atoms with Crippen LogP contribution in [-0.4, -0.2) is 27.8 Å². The number of nitrogens with one attached hydrogen (secondary N) is 1. The van der Waals surface area contributed by atoms with Gasteiger partial charge >= 0.3 is 6.01 Å². The maximum atomic E-state index is 13.2. The van der Waals surface area contributed by atoms with Crippen molar-refractivity contribution in [2.24, 2.45) is 5.92 Å². The van der Waals surface area contributed by atoms with Crippen LogP contribution in [0.5, 0.6) is 6.01 Å². The number of ether oxygens (including phenoxy) is 1. The Morgan fingerprint density at radius 2 is 1.81 bits per heavy atom. The van der Waals surface area contributed by atoms with Gasteiger partial charge in [-0.15, -0.1) is 5.10 Å². The number of carbonyl (C=O) groups is 1. The lowest BCUT2D eigenvalue weighted by atomic mass is 10.1. The van der Waals surface area contributed by atoms with E-state index in [0.29, 0.717) is 29.4 Å². The number of hydrogen-bond acceptors (Lipinski definition) is 4. The van der Waals surface area contributed by atoms with E-state index >= 15 is 0 Å². The minimum absolute atomic E-state index is 0.0211. The topological polar surface area (TPSA) is 69.0 Å². The molecule has 0 radical (unpaired) electrons. The minimum Gasteiger partial charge on any atom is -0.466 e. The van der Waals surface area contributed by atoms with Gasteiger partial charge in [-0.2, -0.15) is 4.98 Å². The molecule has 3 aromatic rings. The maximum Gasteiger partial charge on any atom is 0.336 e. The summed E-state index contributed by atoms with van der Waals surface area (Å²) >= 11 is 0. The van der Waals surface area contributed by atoms with Crippen LogP contribution in [0.2, 0.25) is 0 Å². The number of rotatable bonds is 6. The molecule has 7 heteroatoms. The molecule has 140 valence electrons. The molecular weight excluding hydrogens is 347 g/mol. The van der Waals surface area contributed by atoms with Crippen molar-refractivity contribution >= 4 is 11.6 Å². The molecule has 0 aliphatic heterocycles. The summed E-state index contributed by atoms with van der Waals surface area (Å²) in [7, 11) is 1.49. The molecule has 0 fully saturated rings. The third-order valence-corrected chi connectivity index (χ3v) is 3.86. The Balaban J connectivity index is 1.88. The fourth-order valence-corrected chi connectivity index (χ4v) is 2.61. The van der Waals surface area contributed by atoms with E-state index in [-0.39, 0.29) is 17.7 Å². The molecule has 0 saturated carbocycles. The molecular formula is C20H21FN4O2. The molecule has 2 aromatic carbocycles. The number of hydrogen-bond donors (Lipinski definition) is 1. The van der Waals surface area contributed by atoms with Crippen LogP contribution < -0.4 is 10.1 Å². The van der Waals surface area contributed by atoms with Gasteiger partial charge in [-0.25, -0.2) is 9.07 Å². The smallest absolute Gasteiger partial charge is 0.336 e. The normalized spacial score (nSPS) is 10.9. The Kier molecular flexibility index (Phi) is 5.49. The first-order chi connectivity index (χ1) is 13.0. The first kappa shape index (κ1) is 18.6. The SMILES string of the molecule is COc1nc(-c2ccc(F)cc2)n(-c2ccc(NC(=O)CC(C)C)cc2)n1. The standard InChI is InChI=1S/C20H21FN4O2/c1-13(2)12-18(26)22-16-8-10-17(11-9-16)25-19(23-20(24-25)27-3)14-4-6-15(21)7-5-14/h4-11,13H,12H2,1-3H3,(H,22,26). The van der Waals surface area contributed by atoms with Crippen molar-refractivity contribution < 1.29 is 13.9 Å². The summed E-state index contributed by atoms with van der Waals surface area (Å²) < 4.78 is 20.0. The molecule has 1 aromatic heterocycles. The Morgan fingerprint density at radius 1 is 1.15 bits per heavy atom. The Morgan fingerprint density at radius 3 is 2.41 bits per heavy atom. The predicted octanol–water partition coefficient (Wildman–Crippen LogP) is 4.07. The van der Waals surface area contributed by atoms with Gasteiger partial charge in [-0.1, -0.05) is 13.8 Å². The summed E-state index contributed by atoms with van der Waals surface area (Å²) in [6.45, 7) is 4.00. The number of methoxy groups -OCH3 is 1. The zero-order valence-corrected chi connectivity index (χ0v) is 15.4. The van der Waals surface area contributed by atoms with Crippen LogP contribution in [0.1, 0.15) is 20.3 Å². The predicted molar refractivity (Wildman–Crippen MR) is 101 cm³/mol. The van der Waals surface area contributed by atoms with Crippen LogP contribution in [0, 0.1) is 11.7 Å². The van der Waals surface area contributed by atoms with Gasteiger partial charge in [0, 0.05) is 17.7 Å². The van der Waals surface area contributed by atoms with Crippen molar-refractivity contribution in [3.05, 3.63) is 54.3 Å². The van der Waals surface area contributed by atoms with Gasteiger partial charge in [0.2, 0.25) is 5.91 Å². The van der Waals surface area contributed by atoms with Crippen LogP contribution in [0.25, 0.3) is 17.1 Å². The van der Waals surface area contributed by atoms with E-state index in [1.807, 2.05) is 26.0 Å². The number of carbonyl (C=O) groups excluding carboxylic acids is 1. The Labute approximate surface area is 157 Å². The average molecular weight is 368 g/mol. The summed E-state index contributed by atoms with van der Waals surface area (Å²) in [6.07, 6.45) is 0.469. The molecule has 0 atom stereocenters. The molecule has 0 unspecified atom stereocenters. The lowest BCUT2D eigenvalue weighted by molar-refractivity contribution is -0.116. The molecule has 0 saturated heterocycles. The number of aromatic nitrogens is 3. The van der Waals surface area contributed by atoms with E-state index in [9.17, 15) is 9.18 Å². The van der Waals surface area contributed by atoms with Crippen LogP contribution >= 0.6 is 0 Å². The van der Waals surface area contributed by atoms with Crippen molar-refractivity contribution in [3.63, 3.8) is 0 Å². The van der Waals surface area contributed by atoms with E-state index in [1.165, 1.54) is 19.2 Å². The number of anilines is 1. The minimum atomic E-state index is -0.321. The fraction of sp³-hybridized carbons (Fsp3) is 0.250. The first-order valence-corrected chi connectivity index (χ1v) is 8.63. The van der Waals surface area contributed by atoms with E-state index in [1.54, 1.807) is 28.9 Å². The van der Waals surface area contributed by atoms with Crippen LogP contribution in [0.15, 0.2) is 48.5 Å². The second kappa shape index (κ2) is 7.99. The number of halogens is 1. The molecule has 6 nitrogen and oxygen atoms in total. The Hall–Kier alpha value is -3.22. The summed E-state index contributed by atoms with van der Waals surface area (Å²) in [5.74, 6) is 0.485. The molecule has 1 N–H and O–H groups in total. The van der Waals surface area contributed by atoms with Crippen molar-refractivity contribution in [2.45, 2.75) is 20.3 Å². The largest absolute Gasteiger partial charge is 0.466 e. The van der Waals surface area contributed by atoms with Gasteiger partial charge in [0.25, 0.3) is 0 Å². The summed E-state index contributed by atoms with van der Waals surface area (Å²) in [5.41, 5.74) is 2.16. The van der Waals surface area contributed by atoms with Crippen LogP contribution in [0.3, 0.4) is 0 Å². The molecule has 27 heavy (non-hydrogen) atoms. The summed E-state index contributed by atoms with van der Waals surface area (Å²) in [4.78, 5) is 16.2. The van der Waals surface area contributed by atoms with Gasteiger partial charge in [0.05, 0.1) is 12.8 Å². The Bertz CT molecular complexity index is 918. The van der Waals surface area contributed by atoms with Crippen molar-refractivity contribution in [1.82, 2.24) is 14.8 Å². The zero-order valence-electron chi connectivity index (χ0n) is 15.4. The molecule has 0 spiro atoms. The maximum absolute atomic E-state index is 13.2. The number of benzene rings is 2. The van der Waals surface area contributed by atoms with E-state index in [2.05, 4.69) is 15.4 Å².